The molecule has 1 aliphatic rings. The summed E-state index contributed by atoms with van der Waals surface area (Å²) in [6, 6.07) is 14.1. The number of rotatable bonds is 9. The Morgan fingerprint density at radius 1 is 1.19 bits per heavy atom. The normalized spacial score (nSPS) is 14.1. The summed E-state index contributed by atoms with van der Waals surface area (Å²) in [5, 5.41) is 7.36. The molecule has 1 heterocycles. The molecule has 0 radical (unpaired) electrons. The Labute approximate surface area is 189 Å². The van der Waals surface area contributed by atoms with Gasteiger partial charge in [-0.05, 0) is 48.6 Å². The highest BCUT2D eigenvalue weighted by Gasteiger charge is 2.19. The number of aliphatic imine (C=N–C) groups is 1. The molecule has 0 atom stereocenters. The zero-order valence-corrected chi connectivity index (χ0v) is 19.0. The van der Waals surface area contributed by atoms with E-state index in [1.54, 1.807) is 7.11 Å². The Morgan fingerprint density at radius 3 is 2.74 bits per heavy atom. The standard InChI is InChI=1S/C24H31ClN4O2/c1-3-26-24(27-12-11-20-9-10-21(31-2)15-22(20)25)28-16-18-6-4-7-19(14-18)17-29-13-5-8-23(29)30/h4,6-7,9-10,14-15H,3,5,8,11-13,16-17H2,1-2H3,(H2,26,27,28). The lowest BCUT2D eigenvalue weighted by Gasteiger charge is -2.16. The van der Waals surface area contributed by atoms with Gasteiger partial charge in [-0.2, -0.15) is 0 Å². The lowest BCUT2D eigenvalue weighted by molar-refractivity contribution is -0.128. The van der Waals surface area contributed by atoms with E-state index in [4.69, 9.17) is 21.3 Å². The first-order valence-corrected chi connectivity index (χ1v) is 11.2. The first kappa shape index (κ1) is 22.9. The number of halogens is 1. The Kier molecular flexibility index (Phi) is 8.59. The van der Waals surface area contributed by atoms with Crippen molar-refractivity contribution in [3.8, 4) is 5.75 Å². The lowest BCUT2D eigenvalue weighted by atomic mass is 10.1. The molecule has 1 fully saturated rings. The number of nitrogens with zero attached hydrogens (tertiary/aromatic N) is 2. The second-order valence-electron chi connectivity index (χ2n) is 7.57. The van der Waals surface area contributed by atoms with Crippen molar-refractivity contribution in [1.29, 1.82) is 0 Å². The number of likely N-dealkylation sites (tertiary alicyclic amines) is 1. The monoisotopic (exact) mass is 442 g/mol. The smallest absolute Gasteiger partial charge is 0.222 e. The van der Waals surface area contributed by atoms with Crippen LogP contribution < -0.4 is 15.4 Å². The third kappa shape index (κ3) is 6.89. The molecule has 166 valence electrons. The largest absolute Gasteiger partial charge is 0.497 e. The number of hydrogen-bond acceptors (Lipinski definition) is 3. The van der Waals surface area contributed by atoms with Crippen molar-refractivity contribution in [2.45, 2.75) is 39.3 Å². The number of hydrogen-bond donors (Lipinski definition) is 2. The van der Waals surface area contributed by atoms with Gasteiger partial charge >= 0.3 is 0 Å². The van der Waals surface area contributed by atoms with Crippen LogP contribution in [-0.4, -0.2) is 43.5 Å². The third-order valence-corrected chi connectivity index (χ3v) is 5.60. The Bertz CT molecular complexity index is 916. The number of guanidine groups is 1. The summed E-state index contributed by atoms with van der Waals surface area (Å²) < 4.78 is 5.20. The predicted octanol–water partition coefficient (Wildman–Crippen LogP) is 3.77. The molecule has 2 aromatic rings. The molecule has 0 unspecified atom stereocenters. The van der Waals surface area contributed by atoms with Crippen LogP contribution in [0.5, 0.6) is 5.75 Å². The summed E-state index contributed by atoms with van der Waals surface area (Å²) in [5.74, 6) is 1.78. The zero-order chi connectivity index (χ0) is 22.1. The van der Waals surface area contributed by atoms with Crippen LogP contribution in [0.15, 0.2) is 47.5 Å². The highest BCUT2D eigenvalue weighted by molar-refractivity contribution is 6.31. The molecule has 0 spiro atoms. The van der Waals surface area contributed by atoms with Gasteiger partial charge in [-0.15, -0.1) is 0 Å². The summed E-state index contributed by atoms with van der Waals surface area (Å²) in [5.41, 5.74) is 3.34. The summed E-state index contributed by atoms with van der Waals surface area (Å²) >= 11 is 6.33. The van der Waals surface area contributed by atoms with E-state index < -0.39 is 0 Å². The fraction of sp³-hybridized carbons (Fsp3) is 0.417. The SMILES string of the molecule is CCNC(=NCc1cccc(CN2CCCC2=O)c1)NCCc1ccc(OC)cc1Cl. The minimum atomic E-state index is 0.249. The summed E-state index contributed by atoms with van der Waals surface area (Å²) in [6.45, 7) is 5.65. The van der Waals surface area contributed by atoms with Gasteiger partial charge in [0.1, 0.15) is 5.75 Å². The molecule has 6 nitrogen and oxygen atoms in total. The average molecular weight is 443 g/mol. The van der Waals surface area contributed by atoms with Gasteiger partial charge in [0.25, 0.3) is 0 Å². The van der Waals surface area contributed by atoms with Gasteiger partial charge in [-0.1, -0.05) is 41.9 Å². The summed E-state index contributed by atoms with van der Waals surface area (Å²) in [6.07, 6.45) is 2.41. The fourth-order valence-corrected chi connectivity index (χ4v) is 3.87. The van der Waals surface area contributed by atoms with Crippen LogP contribution >= 0.6 is 11.6 Å². The van der Waals surface area contributed by atoms with Crippen LogP contribution in [0.1, 0.15) is 36.5 Å². The van der Waals surface area contributed by atoms with Gasteiger partial charge in [0.2, 0.25) is 5.91 Å². The number of carbonyl (C=O) groups is 1. The molecule has 2 N–H and O–H groups in total. The minimum absolute atomic E-state index is 0.249. The first-order chi connectivity index (χ1) is 15.1. The highest BCUT2D eigenvalue weighted by Crippen LogP contribution is 2.22. The maximum Gasteiger partial charge on any atom is 0.222 e. The molecule has 0 aromatic heterocycles. The van der Waals surface area contributed by atoms with Crippen molar-refractivity contribution >= 4 is 23.5 Å². The van der Waals surface area contributed by atoms with Crippen LogP contribution in [-0.2, 0) is 24.3 Å². The fourth-order valence-electron chi connectivity index (χ4n) is 3.60. The van der Waals surface area contributed by atoms with Crippen molar-refractivity contribution in [3.05, 3.63) is 64.2 Å². The Morgan fingerprint density at radius 2 is 2.03 bits per heavy atom. The average Bonchev–Trinajstić information content (AvgIpc) is 3.17. The minimum Gasteiger partial charge on any atom is -0.497 e. The molecule has 1 aliphatic heterocycles. The first-order valence-electron chi connectivity index (χ1n) is 10.8. The van der Waals surface area contributed by atoms with Gasteiger partial charge in [0.05, 0.1) is 13.7 Å². The number of methoxy groups -OCH3 is 1. The molecule has 3 rings (SSSR count). The van der Waals surface area contributed by atoms with E-state index in [-0.39, 0.29) is 5.91 Å². The second-order valence-corrected chi connectivity index (χ2v) is 7.98. The number of ether oxygens (including phenoxy) is 1. The van der Waals surface area contributed by atoms with E-state index in [9.17, 15) is 4.79 Å². The van der Waals surface area contributed by atoms with Crippen molar-refractivity contribution in [2.24, 2.45) is 4.99 Å². The zero-order valence-electron chi connectivity index (χ0n) is 18.3. The molecule has 0 bridgehead atoms. The highest BCUT2D eigenvalue weighted by atomic mass is 35.5. The van der Waals surface area contributed by atoms with E-state index in [2.05, 4.69) is 28.8 Å². The van der Waals surface area contributed by atoms with E-state index in [0.29, 0.717) is 24.5 Å². The molecule has 1 amide bonds. The quantitative estimate of drug-likeness (QED) is 0.458. The topological polar surface area (TPSA) is 66.0 Å². The molecule has 0 saturated carbocycles. The predicted molar refractivity (Wildman–Crippen MR) is 126 cm³/mol. The van der Waals surface area contributed by atoms with E-state index in [0.717, 1.165) is 60.9 Å². The number of carbonyl (C=O) groups excluding carboxylic acids is 1. The third-order valence-electron chi connectivity index (χ3n) is 5.25. The van der Waals surface area contributed by atoms with Gasteiger partial charge in [-0.3, -0.25) is 4.79 Å². The Hall–Kier alpha value is -2.73. The van der Waals surface area contributed by atoms with Gasteiger partial charge in [-0.25, -0.2) is 4.99 Å². The van der Waals surface area contributed by atoms with Crippen molar-refractivity contribution < 1.29 is 9.53 Å². The van der Waals surface area contributed by atoms with Crippen molar-refractivity contribution in [2.75, 3.05) is 26.7 Å². The number of benzene rings is 2. The molecular formula is C24H31ClN4O2. The van der Waals surface area contributed by atoms with Crippen LogP contribution in [0.4, 0.5) is 0 Å². The summed E-state index contributed by atoms with van der Waals surface area (Å²) in [4.78, 5) is 18.5. The van der Waals surface area contributed by atoms with Gasteiger partial charge in [0, 0.05) is 37.6 Å². The molecule has 31 heavy (non-hydrogen) atoms. The second kappa shape index (κ2) is 11.6. The molecular weight excluding hydrogens is 412 g/mol. The maximum atomic E-state index is 11.9. The van der Waals surface area contributed by atoms with Crippen LogP contribution in [0, 0.1) is 0 Å². The van der Waals surface area contributed by atoms with Crippen molar-refractivity contribution in [1.82, 2.24) is 15.5 Å². The van der Waals surface area contributed by atoms with Crippen LogP contribution in [0.25, 0.3) is 0 Å². The molecule has 1 saturated heterocycles. The Balaban J connectivity index is 1.55. The van der Waals surface area contributed by atoms with Crippen LogP contribution in [0.2, 0.25) is 5.02 Å². The molecule has 7 heteroatoms. The molecule has 2 aromatic carbocycles. The van der Waals surface area contributed by atoms with Gasteiger partial charge in [0.15, 0.2) is 5.96 Å². The van der Waals surface area contributed by atoms with E-state index in [1.165, 1.54) is 0 Å². The number of nitrogens with one attached hydrogen (secondary N) is 2. The van der Waals surface area contributed by atoms with E-state index >= 15 is 0 Å². The van der Waals surface area contributed by atoms with Crippen LogP contribution in [0.3, 0.4) is 0 Å². The van der Waals surface area contributed by atoms with Crippen molar-refractivity contribution in [3.63, 3.8) is 0 Å². The summed E-state index contributed by atoms with van der Waals surface area (Å²) in [7, 11) is 1.63. The molecule has 0 aliphatic carbocycles. The van der Waals surface area contributed by atoms with E-state index in [1.807, 2.05) is 36.1 Å². The number of amides is 1. The van der Waals surface area contributed by atoms with Gasteiger partial charge < -0.3 is 20.3 Å². The maximum absolute atomic E-state index is 11.9. The lowest BCUT2D eigenvalue weighted by Crippen LogP contribution is -2.38.